The van der Waals surface area contributed by atoms with Gasteiger partial charge in [0.15, 0.2) is 0 Å². The zero-order valence-corrected chi connectivity index (χ0v) is 7.96. The van der Waals surface area contributed by atoms with Crippen molar-refractivity contribution in [3.05, 3.63) is 0 Å². The van der Waals surface area contributed by atoms with Crippen molar-refractivity contribution in [2.75, 3.05) is 0 Å². The van der Waals surface area contributed by atoms with Crippen molar-refractivity contribution in [1.29, 1.82) is 0 Å². The van der Waals surface area contributed by atoms with Crippen molar-refractivity contribution in [1.82, 2.24) is 0 Å². The molecule has 0 saturated carbocycles. The fourth-order valence-corrected chi connectivity index (χ4v) is 0.149. The van der Waals surface area contributed by atoms with E-state index in [-0.39, 0.29) is 32.7 Å². The van der Waals surface area contributed by atoms with Crippen molar-refractivity contribution in [3.63, 3.8) is 0 Å². The van der Waals surface area contributed by atoms with Crippen LogP contribution in [-0.4, -0.2) is 12.9 Å². The molecule has 0 spiro atoms. The molecule has 0 aromatic carbocycles. The monoisotopic (exact) mass is 185 g/mol. The summed E-state index contributed by atoms with van der Waals surface area (Å²) in [7, 11) is 0. The molecule has 0 heterocycles. The smallest absolute Gasteiger partial charge is 0 e. The summed E-state index contributed by atoms with van der Waals surface area (Å²) in [6.45, 7) is 8.58. The molecule has 0 bridgehead atoms. The van der Waals surface area contributed by atoms with Crippen LogP contribution in [0.5, 0.6) is 0 Å². The molecule has 3 heteroatoms. The Bertz CT molecular complexity index is 78.5. The Morgan fingerprint density at radius 3 is 2.12 bits per heavy atom. The van der Waals surface area contributed by atoms with Gasteiger partial charge < -0.3 is 23.1 Å². The Hall–Kier alpha value is 0.444. The molecular formula is C5H8N2Y-2. The standard InChI is InChI=1S/C5H8N2.Y/c1-5(2)4-7-6-3;/h3,5H,1-2H3;/q-2;. The van der Waals surface area contributed by atoms with Gasteiger partial charge in [-0.15, -0.1) is 0 Å². The van der Waals surface area contributed by atoms with Crippen molar-refractivity contribution in [2.45, 2.75) is 13.8 Å². The topological polar surface area (TPSA) is 24.7 Å². The van der Waals surface area contributed by atoms with E-state index in [1.54, 1.807) is 0 Å². The molecule has 0 fully saturated rings. The van der Waals surface area contributed by atoms with Crippen molar-refractivity contribution in [3.8, 4) is 0 Å². The molecular weight excluding hydrogens is 177 g/mol. The second-order valence-electron chi connectivity index (χ2n) is 1.50. The largest absolute Gasteiger partial charge is 0.417 e. The Balaban J connectivity index is 0. The van der Waals surface area contributed by atoms with E-state index in [9.17, 15) is 0 Å². The number of rotatable bonds is 2. The number of nitrogens with zero attached hydrogens (tertiary/aromatic N) is 2. The van der Waals surface area contributed by atoms with Crippen molar-refractivity contribution in [2.24, 2.45) is 16.1 Å². The zero-order chi connectivity index (χ0) is 5.70. The summed E-state index contributed by atoms with van der Waals surface area (Å²) in [6.07, 6.45) is 2.63. The van der Waals surface area contributed by atoms with Crippen LogP contribution >= 0.6 is 0 Å². The predicted molar refractivity (Wildman–Crippen MR) is 30.8 cm³/mol. The fraction of sp³-hybridized carbons (Fsp3) is 0.600. The predicted octanol–water partition coefficient (Wildman–Crippen LogP) is 1.08. The fourth-order valence-electron chi connectivity index (χ4n) is 0.149. The molecule has 0 saturated heterocycles. The zero-order valence-electron chi connectivity index (χ0n) is 5.13. The third-order valence-electron chi connectivity index (χ3n) is 0.374. The van der Waals surface area contributed by atoms with E-state index in [1.165, 1.54) is 0 Å². The van der Waals surface area contributed by atoms with E-state index in [2.05, 4.69) is 23.1 Å². The molecule has 2 nitrogen and oxygen atoms in total. The molecule has 0 N–H and O–H groups in total. The van der Waals surface area contributed by atoms with Crippen LogP contribution in [0.4, 0.5) is 0 Å². The van der Waals surface area contributed by atoms with E-state index in [0.29, 0.717) is 5.92 Å². The van der Waals surface area contributed by atoms with Crippen LogP contribution in [0, 0.1) is 5.92 Å². The third kappa shape index (κ3) is 9.67. The minimum Gasteiger partial charge on any atom is -0.417 e. The van der Waals surface area contributed by atoms with E-state index in [1.807, 2.05) is 13.8 Å². The van der Waals surface area contributed by atoms with Crippen LogP contribution in [0.15, 0.2) is 10.2 Å². The number of hydrogen-bond acceptors (Lipinski definition) is 2. The summed E-state index contributed by atoms with van der Waals surface area (Å²) in [5.74, 6) is 0.312. The maximum Gasteiger partial charge on any atom is 0 e. The molecule has 0 aliphatic carbocycles. The normalized spacial score (nSPS) is 9.38. The first-order valence-electron chi connectivity index (χ1n) is 2.13. The van der Waals surface area contributed by atoms with E-state index >= 15 is 0 Å². The van der Waals surface area contributed by atoms with Crippen molar-refractivity contribution >= 4 is 12.9 Å². The van der Waals surface area contributed by atoms with Crippen LogP contribution in [0.1, 0.15) is 13.8 Å². The minimum atomic E-state index is 0. The first-order valence-corrected chi connectivity index (χ1v) is 2.13. The Morgan fingerprint density at radius 2 is 2.00 bits per heavy atom. The van der Waals surface area contributed by atoms with Gasteiger partial charge in [0, 0.05) is 32.7 Å². The van der Waals surface area contributed by atoms with Crippen LogP contribution in [0.3, 0.4) is 0 Å². The molecule has 0 aromatic rings. The molecule has 0 amide bonds. The minimum absolute atomic E-state index is 0. The van der Waals surface area contributed by atoms with Crippen molar-refractivity contribution < 1.29 is 32.7 Å². The molecule has 0 atom stereocenters. The van der Waals surface area contributed by atoms with Gasteiger partial charge in [0.05, 0.1) is 0 Å². The van der Waals surface area contributed by atoms with Gasteiger partial charge in [0.1, 0.15) is 0 Å². The van der Waals surface area contributed by atoms with Gasteiger partial charge in [-0.1, -0.05) is 13.8 Å². The second-order valence-corrected chi connectivity index (χ2v) is 1.50. The summed E-state index contributed by atoms with van der Waals surface area (Å²) in [5, 5.41) is 6.31. The summed E-state index contributed by atoms with van der Waals surface area (Å²) in [6, 6.07) is 0. The Morgan fingerprint density at radius 1 is 1.50 bits per heavy atom. The summed E-state index contributed by atoms with van der Waals surface area (Å²) in [4.78, 5) is 0. The molecule has 0 aromatic heterocycles. The average molecular weight is 185 g/mol. The maximum absolute atomic E-state index is 4.67. The summed E-state index contributed by atoms with van der Waals surface area (Å²) in [5.41, 5.74) is 0. The second kappa shape index (κ2) is 7.44. The number of hydrogen-bond donors (Lipinski definition) is 0. The summed E-state index contributed by atoms with van der Waals surface area (Å²) >= 11 is 0. The van der Waals surface area contributed by atoms with Crippen LogP contribution in [-0.2, 0) is 32.7 Å². The van der Waals surface area contributed by atoms with E-state index < -0.39 is 0 Å². The van der Waals surface area contributed by atoms with E-state index in [4.69, 9.17) is 0 Å². The van der Waals surface area contributed by atoms with Crippen LogP contribution in [0.25, 0.3) is 0 Å². The van der Waals surface area contributed by atoms with E-state index in [0.717, 1.165) is 0 Å². The molecule has 8 heavy (non-hydrogen) atoms. The quantitative estimate of drug-likeness (QED) is 0.349. The molecule has 0 aliphatic heterocycles. The van der Waals surface area contributed by atoms with Gasteiger partial charge in [-0.2, -0.15) is 5.92 Å². The molecule has 0 unspecified atom stereocenters. The Kier molecular flexibility index (Phi) is 10.5. The molecule has 0 rings (SSSR count). The average Bonchev–Trinajstić information content (AvgIpc) is 1.61. The summed E-state index contributed by atoms with van der Waals surface area (Å²) < 4.78 is 0. The third-order valence-corrected chi connectivity index (χ3v) is 0.374. The van der Waals surface area contributed by atoms with Gasteiger partial charge in [-0.3, -0.25) is 0 Å². The van der Waals surface area contributed by atoms with Gasteiger partial charge >= 0.3 is 0 Å². The first-order chi connectivity index (χ1) is 3.27. The molecule has 43 valence electrons. The van der Waals surface area contributed by atoms with Crippen LogP contribution in [0.2, 0.25) is 0 Å². The molecule has 1 radical (unpaired) electrons. The van der Waals surface area contributed by atoms with Gasteiger partial charge in [-0.25, -0.2) is 0 Å². The van der Waals surface area contributed by atoms with Gasteiger partial charge in [0.25, 0.3) is 0 Å². The first kappa shape index (κ1) is 11.3. The SMILES string of the molecule is [CH-]=NN=[C-]C(C)C.[Y]. The maximum atomic E-state index is 4.67. The van der Waals surface area contributed by atoms with Crippen LogP contribution < -0.4 is 0 Å². The Labute approximate surface area is 75.3 Å². The van der Waals surface area contributed by atoms with Gasteiger partial charge in [0.2, 0.25) is 0 Å². The van der Waals surface area contributed by atoms with Gasteiger partial charge in [-0.05, 0) is 0 Å². The molecule has 0 aliphatic rings.